The van der Waals surface area contributed by atoms with Crippen molar-refractivity contribution < 1.29 is 18.7 Å². The van der Waals surface area contributed by atoms with Crippen LogP contribution in [0.15, 0.2) is 18.2 Å². The van der Waals surface area contributed by atoms with Crippen LogP contribution in [-0.4, -0.2) is 11.1 Å². The lowest BCUT2D eigenvalue weighted by Gasteiger charge is -2.41. The molecule has 0 aliphatic heterocycles. The third kappa shape index (κ3) is 3.00. The van der Waals surface area contributed by atoms with Crippen molar-refractivity contribution in [2.45, 2.75) is 46.0 Å². The van der Waals surface area contributed by atoms with E-state index in [2.05, 4.69) is 13.8 Å². The van der Waals surface area contributed by atoms with Gasteiger partial charge >= 0.3 is 5.97 Å². The Balaban J connectivity index is 2.22. The van der Waals surface area contributed by atoms with Gasteiger partial charge in [-0.25, -0.2) is 8.78 Å². The molecule has 1 aliphatic rings. The molecule has 0 saturated heterocycles. The highest BCUT2D eigenvalue weighted by Crippen LogP contribution is 2.47. The van der Waals surface area contributed by atoms with E-state index in [1.165, 1.54) is 6.07 Å². The summed E-state index contributed by atoms with van der Waals surface area (Å²) in [5.41, 5.74) is -0.140. The van der Waals surface area contributed by atoms with Crippen LogP contribution >= 0.6 is 0 Å². The summed E-state index contributed by atoms with van der Waals surface area (Å²) < 4.78 is 26.2. The number of benzene rings is 1. The Morgan fingerprint density at radius 1 is 1.15 bits per heavy atom. The molecular formula is C16H20F2O2. The second kappa shape index (κ2) is 5.15. The summed E-state index contributed by atoms with van der Waals surface area (Å²) in [7, 11) is 0. The number of hydrogen-bond donors (Lipinski definition) is 1. The molecule has 0 spiro atoms. The fourth-order valence-electron chi connectivity index (χ4n) is 2.91. The maximum Gasteiger partial charge on any atom is 0.309 e. The number of aliphatic carboxylic acids is 1. The molecule has 20 heavy (non-hydrogen) atoms. The normalized spacial score (nSPS) is 20.6. The van der Waals surface area contributed by atoms with Gasteiger partial charge in [0.15, 0.2) is 11.6 Å². The molecule has 1 fully saturated rings. The van der Waals surface area contributed by atoms with Gasteiger partial charge in [-0.15, -0.1) is 0 Å². The highest BCUT2D eigenvalue weighted by atomic mass is 19.2. The number of carboxylic acids is 1. The molecule has 1 aliphatic carbocycles. The van der Waals surface area contributed by atoms with Gasteiger partial charge < -0.3 is 5.11 Å². The van der Waals surface area contributed by atoms with E-state index < -0.39 is 23.0 Å². The van der Waals surface area contributed by atoms with Gasteiger partial charge in [-0.2, -0.15) is 0 Å². The molecule has 0 heterocycles. The molecule has 0 amide bonds. The number of halogens is 2. The molecular weight excluding hydrogens is 262 g/mol. The van der Waals surface area contributed by atoms with Crippen LogP contribution in [0.4, 0.5) is 8.78 Å². The second-order valence-corrected chi connectivity index (χ2v) is 6.67. The first-order chi connectivity index (χ1) is 9.24. The van der Waals surface area contributed by atoms with Crippen LogP contribution in [0, 0.1) is 22.5 Å². The Kier molecular flexibility index (Phi) is 3.85. The van der Waals surface area contributed by atoms with Crippen molar-refractivity contribution in [3.63, 3.8) is 0 Å². The van der Waals surface area contributed by atoms with E-state index in [1.54, 1.807) is 0 Å². The maximum atomic E-state index is 13.3. The lowest BCUT2D eigenvalue weighted by Crippen LogP contribution is -2.39. The molecule has 2 rings (SSSR count). The van der Waals surface area contributed by atoms with Crippen molar-refractivity contribution in [3.8, 4) is 0 Å². The number of carbonyl (C=O) groups is 1. The Morgan fingerprint density at radius 3 is 2.25 bits per heavy atom. The zero-order chi connectivity index (χ0) is 15.0. The minimum Gasteiger partial charge on any atom is -0.481 e. The molecule has 1 saturated carbocycles. The minimum atomic E-state index is -0.917. The van der Waals surface area contributed by atoms with Gasteiger partial charge in [-0.05, 0) is 55.2 Å². The zero-order valence-electron chi connectivity index (χ0n) is 11.9. The van der Waals surface area contributed by atoms with Crippen molar-refractivity contribution in [1.29, 1.82) is 0 Å². The molecule has 0 bridgehead atoms. The second-order valence-electron chi connectivity index (χ2n) is 6.67. The monoisotopic (exact) mass is 282 g/mol. The third-order valence-corrected chi connectivity index (χ3v) is 4.54. The minimum absolute atomic E-state index is 0.160. The third-order valence-electron chi connectivity index (χ3n) is 4.54. The fraction of sp³-hybridized carbons (Fsp3) is 0.562. The van der Waals surface area contributed by atoms with E-state index in [0.29, 0.717) is 18.4 Å². The van der Waals surface area contributed by atoms with Crippen molar-refractivity contribution in [2.24, 2.45) is 10.8 Å². The smallest absolute Gasteiger partial charge is 0.309 e. The summed E-state index contributed by atoms with van der Waals surface area (Å²) in [6.45, 7) is 4.27. The van der Waals surface area contributed by atoms with Gasteiger partial charge in [-0.1, -0.05) is 19.9 Å². The Labute approximate surface area is 117 Å². The lowest BCUT2D eigenvalue weighted by atomic mass is 9.63. The van der Waals surface area contributed by atoms with E-state index >= 15 is 0 Å². The predicted octanol–water partition coefficient (Wildman–Crippen LogP) is 4.18. The van der Waals surface area contributed by atoms with Crippen molar-refractivity contribution in [3.05, 3.63) is 35.4 Å². The van der Waals surface area contributed by atoms with E-state index in [9.17, 15) is 18.7 Å². The van der Waals surface area contributed by atoms with E-state index in [-0.39, 0.29) is 11.8 Å². The van der Waals surface area contributed by atoms with Crippen LogP contribution in [0.2, 0.25) is 0 Å². The fourth-order valence-corrected chi connectivity index (χ4v) is 2.91. The van der Waals surface area contributed by atoms with Crippen LogP contribution in [0.1, 0.15) is 45.1 Å². The molecule has 0 unspecified atom stereocenters. The van der Waals surface area contributed by atoms with Gasteiger partial charge in [0.1, 0.15) is 0 Å². The van der Waals surface area contributed by atoms with Gasteiger partial charge in [0.2, 0.25) is 0 Å². The molecule has 1 aromatic carbocycles. The average molecular weight is 282 g/mol. The molecule has 4 heteroatoms. The largest absolute Gasteiger partial charge is 0.481 e. The quantitative estimate of drug-likeness (QED) is 0.903. The molecule has 1 aromatic rings. The summed E-state index contributed by atoms with van der Waals surface area (Å²) in [4.78, 5) is 11.7. The van der Waals surface area contributed by atoms with Crippen molar-refractivity contribution in [1.82, 2.24) is 0 Å². The summed E-state index contributed by atoms with van der Waals surface area (Å²) in [5.74, 6) is -2.65. The standard InChI is InChI=1S/C16H20F2O2/c1-15(2)5-7-16(8-6-15,14(19)20)10-11-3-4-12(17)13(18)9-11/h3-4,9H,5-8,10H2,1-2H3,(H,19,20). The highest BCUT2D eigenvalue weighted by molar-refractivity contribution is 5.75. The SMILES string of the molecule is CC1(C)CCC(Cc2ccc(F)c(F)c2)(C(=O)O)CC1. The maximum absolute atomic E-state index is 13.3. The Hall–Kier alpha value is -1.45. The zero-order valence-corrected chi connectivity index (χ0v) is 11.9. The van der Waals surface area contributed by atoms with Crippen molar-refractivity contribution >= 4 is 5.97 Å². The Bertz CT molecular complexity index is 513. The van der Waals surface area contributed by atoms with Gasteiger partial charge in [0.25, 0.3) is 0 Å². The van der Waals surface area contributed by atoms with E-state index in [0.717, 1.165) is 25.0 Å². The molecule has 110 valence electrons. The first-order valence-corrected chi connectivity index (χ1v) is 6.92. The lowest BCUT2D eigenvalue weighted by molar-refractivity contribution is -0.152. The topological polar surface area (TPSA) is 37.3 Å². The van der Waals surface area contributed by atoms with E-state index in [1.807, 2.05) is 0 Å². The van der Waals surface area contributed by atoms with Crippen LogP contribution < -0.4 is 0 Å². The summed E-state index contributed by atoms with van der Waals surface area (Å²) in [5, 5.41) is 9.58. The molecule has 0 atom stereocenters. The van der Waals surface area contributed by atoms with Crippen LogP contribution in [-0.2, 0) is 11.2 Å². The molecule has 0 radical (unpaired) electrons. The summed E-state index contributed by atoms with van der Waals surface area (Å²) in [6.07, 6.45) is 3.09. The summed E-state index contributed by atoms with van der Waals surface area (Å²) in [6, 6.07) is 3.65. The number of hydrogen-bond acceptors (Lipinski definition) is 1. The van der Waals surface area contributed by atoms with Crippen LogP contribution in [0.5, 0.6) is 0 Å². The summed E-state index contributed by atoms with van der Waals surface area (Å²) >= 11 is 0. The van der Waals surface area contributed by atoms with Crippen molar-refractivity contribution in [2.75, 3.05) is 0 Å². The Morgan fingerprint density at radius 2 is 1.75 bits per heavy atom. The molecule has 2 nitrogen and oxygen atoms in total. The van der Waals surface area contributed by atoms with Crippen LogP contribution in [0.3, 0.4) is 0 Å². The first kappa shape index (κ1) is 14.9. The highest BCUT2D eigenvalue weighted by Gasteiger charge is 2.44. The molecule has 0 aromatic heterocycles. The number of carboxylic acid groups (broad SMARTS) is 1. The first-order valence-electron chi connectivity index (χ1n) is 6.92. The predicted molar refractivity (Wildman–Crippen MR) is 72.4 cm³/mol. The van der Waals surface area contributed by atoms with Gasteiger partial charge in [0.05, 0.1) is 5.41 Å². The number of rotatable bonds is 3. The average Bonchev–Trinajstić information content (AvgIpc) is 2.36. The van der Waals surface area contributed by atoms with Gasteiger partial charge in [-0.3, -0.25) is 4.79 Å². The van der Waals surface area contributed by atoms with Crippen LogP contribution in [0.25, 0.3) is 0 Å². The molecule has 1 N–H and O–H groups in total. The van der Waals surface area contributed by atoms with E-state index in [4.69, 9.17) is 0 Å². The van der Waals surface area contributed by atoms with Gasteiger partial charge in [0, 0.05) is 0 Å².